The predicted octanol–water partition coefficient (Wildman–Crippen LogP) is -1.72. The minimum Gasteiger partial charge on any atom is -0.394 e. The Labute approximate surface area is 139 Å². The average molecular weight is 354 g/mol. The average Bonchev–Trinajstić information content (AvgIpc) is 3.27. The lowest BCUT2D eigenvalue weighted by molar-refractivity contribution is -0.0600. The molecule has 128 valence electrons. The third-order valence-corrected chi connectivity index (χ3v) is 4.51. The molecule has 24 heavy (non-hydrogen) atoms. The fraction of sp³-hybridized carbons (Fsp3) is 0.385. The topological polar surface area (TPSA) is 161 Å². The van der Waals surface area contributed by atoms with Gasteiger partial charge in [0, 0.05) is 0 Å². The van der Waals surface area contributed by atoms with E-state index < -0.39 is 42.8 Å². The van der Waals surface area contributed by atoms with E-state index in [0.29, 0.717) is 4.88 Å². The van der Waals surface area contributed by atoms with E-state index in [9.17, 15) is 19.8 Å². The van der Waals surface area contributed by atoms with E-state index in [4.69, 9.17) is 15.6 Å². The molecular weight excluding hydrogens is 340 g/mol. The van der Waals surface area contributed by atoms with Crippen LogP contribution in [0.5, 0.6) is 0 Å². The van der Waals surface area contributed by atoms with Gasteiger partial charge in [-0.2, -0.15) is 0 Å². The molecule has 0 aliphatic carbocycles. The van der Waals surface area contributed by atoms with Crippen LogP contribution in [0.25, 0.3) is 0 Å². The molecular formula is C13H14N4O6S. The highest BCUT2D eigenvalue weighted by atomic mass is 32.1. The van der Waals surface area contributed by atoms with Crippen LogP contribution in [0.2, 0.25) is 0 Å². The number of carbonyl (C=O) groups excluding carboxylic acids is 2. The van der Waals surface area contributed by atoms with Crippen LogP contribution < -0.4 is 5.73 Å². The molecule has 2 aromatic heterocycles. The number of thiophene rings is 1. The zero-order chi connectivity index (χ0) is 17.4. The summed E-state index contributed by atoms with van der Waals surface area (Å²) in [6.45, 7) is -0.541. The van der Waals surface area contributed by atoms with Crippen molar-refractivity contribution in [2.24, 2.45) is 5.73 Å². The van der Waals surface area contributed by atoms with Crippen molar-refractivity contribution >= 4 is 23.0 Å². The lowest BCUT2D eigenvalue weighted by Gasteiger charge is -2.16. The van der Waals surface area contributed by atoms with Gasteiger partial charge in [-0.25, -0.2) is 4.68 Å². The van der Waals surface area contributed by atoms with Crippen molar-refractivity contribution in [3.8, 4) is 0 Å². The van der Waals surface area contributed by atoms with Crippen LogP contribution in [-0.2, 0) is 4.74 Å². The summed E-state index contributed by atoms with van der Waals surface area (Å²) in [4.78, 5) is 24.5. The molecule has 11 heteroatoms. The van der Waals surface area contributed by atoms with Crippen molar-refractivity contribution in [2.45, 2.75) is 24.5 Å². The fourth-order valence-electron chi connectivity index (χ4n) is 2.46. The van der Waals surface area contributed by atoms with Gasteiger partial charge in [-0.3, -0.25) is 9.59 Å². The van der Waals surface area contributed by atoms with Gasteiger partial charge in [0.1, 0.15) is 24.0 Å². The Bertz CT molecular complexity index is 761. The first-order chi connectivity index (χ1) is 11.5. The van der Waals surface area contributed by atoms with Gasteiger partial charge >= 0.3 is 0 Å². The zero-order valence-electron chi connectivity index (χ0n) is 12.1. The second-order valence-corrected chi connectivity index (χ2v) is 6.08. The molecule has 2 aromatic rings. The number of aliphatic hydroxyl groups is 3. The maximum absolute atomic E-state index is 12.7. The molecule has 1 saturated heterocycles. The second kappa shape index (κ2) is 6.37. The van der Waals surface area contributed by atoms with Gasteiger partial charge < -0.3 is 25.8 Å². The van der Waals surface area contributed by atoms with E-state index in [0.717, 1.165) is 16.0 Å². The van der Waals surface area contributed by atoms with Crippen LogP contribution in [0.3, 0.4) is 0 Å². The molecule has 0 aromatic carbocycles. The van der Waals surface area contributed by atoms with Gasteiger partial charge in [0.25, 0.3) is 5.91 Å². The number of aromatic nitrogens is 3. The maximum atomic E-state index is 12.7. The van der Waals surface area contributed by atoms with Gasteiger partial charge in [0.2, 0.25) is 5.78 Å². The molecule has 4 atom stereocenters. The number of nitrogens with two attached hydrogens (primary N) is 1. The molecule has 5 N–H and O–H groups in total. The zero-order valence-corrected chi connectivity index (χ0v) is 13.0. The van der Waals surface area contributed by atoms with Crippen molar-refractivity contribution in [1.29, 1.82) is 0 Å². The molecule has 10 nitrogen and oxygen atoms in total. The van der Waals surface area contributed by atoms with Gasteiger partial charge in [0.05, 0.1) is 11.5 Å². The highest BCUT2D eigenvalue weighted by Gasteiger charge is 2.46. The standard InChI is InChI=1S/C13H14N4O6S/c14-12(22)7-8(10(20)6-2-1-3-24-6)17(16-15-7)13-11(21)9(19)5(4-18)23-13/h1-3,5,9,11,13,18-19,21H,4H2,(H2,14,22)/t5-,9-,11-,13-/m1/s1. The number of hydrogen-bond acceptors (Lipinski definition) is 9. The number of aliphatic hydroxyl groups excluding tert-OH is 3. The largest absolute Gasteiger partial charge is 0.394 e. The van der Waals surface area contributed by atoms with Gasteiger partial charge in [-0.15, -0.1) is 16.4 Å². The summed E-state index contributed by atoms with van der Waals surface area (Å²) in [6, 6.07) is 3.20. The Morgan fingerprint density at radius 1 is 1.38 bits per heavy atom. The molecule has 1 fully saturated rings. The van der Waals surface area contributed by atoms with Gasteiger partial charge in [-0.05, 0) is 11.4 Å². The molecule has 0 spiro atoms. The molecule has 0 radical (unpaired) electrons. The predicted molar refractivity (Wildman–Crippen MR) is 79.3 cm³/mol. The summed E-state index contributed by atoms with van der Waals surface area (Å²) in [7, 11) is 0. The van der Waals surface area contributed by atoms with E-state index >= 15 is 0 Å². The lowest BCUT2D eigenvalue weighted by Crippen LogP contribution is -2.34. The summed E-state index contributed by atoms with van der Waals surface area (Å²) in [6.07, 6.45) is -5.21. The summed E-state index contributed by atoms with van der Waals surface area (Å²) >= 11 is 1.14. The highest BCUT2D eigenvalue weighted by molar-refractivity contribution is 7.12. The van der Waals surface area contributed by atoms with Crippen molar-refractivity contribution in [2.75, 3.05) is 6.61 Å². The maximum Gasteiger partial charge on any atom is 0.271 e. The Hall–Kier alpha value is -2.18. The van der Waals surface area contributed by atoms with Crippen molar-refractivity contribution in [1.82, 2.24) is 15.0 Å². The smallest absolute Gasteiger partial charge is 0.271 e. The molecule has 0 saturated carbocycles. The number of amides is 1. The van der Waals surface area contributed by atoms with Crippen LogP contribution in [0.15, 0.2) is 17.5 Å². The van der Waals surface area contributed by atoms with E-state index in [1.54, 1.807) is 17.5 Å². The van der Waals surface area contributed by atoms with Crippen LogP contribution in [0.1, 0.15) is 32.1 Å². The minimum absolute atomic E-state index is 0.250. The summed E-state index contributed by atoms with van der Waals surface area (Å²) in [5.41, 5.74) is 4.62. The molecule has 1 aliphatic heterocycles. The first kappa shape index (κ1) is 16.7. The molecule has 3 heterocycles. The van der Waals surface area contributed by atoms with E-state index in [-0.39, 0.29) is 11.4 Å². The van der Waals surface area contributed by atoms with Crippen molar-refractivity contribution in [3.63, 3.8) is 0 Å². The minimum atomic E-state index is -1.47. The van der Waals surface area contributed by atoms with Crippen LogP contribution in [0.4, 0.5) is 0 Å². The number of hydrogen-bond donors (Lipinski definition) is 4. The molecule has 0 bridgehead atoms. The van der Waals surface area contributed by atoms with Crippen LogP contribution in [0, 0.1) is 0 Å². The summed E-state index contributed by atoms with van der Waals surface area (Å²) < 4.78 is 6.24. The first-order valence-corrected chi connectivity index (χ1v) is 7.79. The number of ketones is 1. The highest BCUT2D eigenvalue weighted by Crippen LogP contribution is 2.31. The summed E-state index contributed by atoms with van der Waals surface area (Å²) in [5.74, 6) is -1.53. The Morgan fingerprint density at radius 2 is 2.12 bits per heavy atom. The van der Waals surface area contributed by atoms with Crippen LogP contribution >= 0.6 is 11.3 Å². The molecule has 0 unspecified atom stereocenters. The fourth-order valence-corrected chi connectivity index (χ4v) is 3.12. The third-order valence-electron chi connectivity index (χ3n) is 3.65. The number of ether oxygens (including phenoxy) is 1. The SMILES string of the molecule is NC(=O)c1nnn([C@@H]2O[C@H](CO)[C@@H](O)[C@H]2O)c1C(=O)c1cccs1. The molecule has 3 rings (SSSR count). The molecule has 1 amide bonds. The van der Waals surface area contributed by atoms with Crippen molar-refractivity contribution < 1.29 is 29.6 Å². The van der Waals surface area contributed by atoms with Crippen molar-refractivity contribution in [3.05, 3.63) is 33.8 Å². The quantitative estimate of drug-likeness (QED) is 0.461. The Kier molecular flexibility index (Phi) is 4.43. The lowest BCUT2D eigenvalue weighted by atomic mass is 10.1. The second-order valence-electron chi connectivity index (χ2n) is 5.13. The number of nitrogens with zero attached hydrogens (tertiary/aromatic N) is 3. The van der Waals surface area contributed by atoms with Gasteiger partial charge in [-0.1, -0.05) is 11.3 Å². The summed E-state index contributed by atoms with van der Waals surface area (Å²) in [5, 5.41) is 38.0. The Morgan fingerprint density at radius 3 is 2.67 bits per heavy atom. The van der Waals surface area contributed by atoms with E-state index in [1.807, 2.05) is 0 Å². The number of rotatable bonds is 5. The normalized spacial score (nSPS) is 26.6. The Balaban J connectivity index is 2.06. The monoisotopic (exact) mass is 354 g/mol. The molecule has 1 aliphatic rings. The first-order valence-electron chi connectivity index (χ1n) is 6.91. The van der Waals surface area contributed by atoms with Crippen LogP contribution in [-0.4, -0.2) is 66.9 Å². The van der Waals surface area contributed by atoms with E-state index in [2.05, 4.69) is 10.3 Å². The number of carbonyl (C=O) groups is 2. The van der Waals surface area contributed by atoms with Gasteiger partial charge in [0.15, 0.2) is 11.9 Å². The third kappa shape index (κ3) is 2.61. The number of primary amides is 1. The van der Waals surface area contributed by atoms with E-state index in [1.165, 1.54) is 0 Å².